The van der Waals surface area contributed by atoms with E-state index in [1.807, 2.05) is 64.1 Å². The molecule has 0 radical (unpaired) electrons. The topological polar surface area (TPSA) is 143 Å². The Kier molecular flexibility index (Phi) is 6.60. The molecule has 10 heteroatoms. The summed E-state index contributed by atoms with van der Waals surface area (Å²) in [5.74, 6) is -2.10. The molecule has 4 fully saturated rings. The molecule has 6 bridgehead atoms. The van der Waals surface area contributed by atoms with Crippen LogP contribution < -0.4 is 0 Å². The molecule has 0 spiro atoms. The van der Waals surface area contributed by atoms with Crippen LogP contribution in [0.25, 0.3) is 12.2 Å². The van der Waals surface area contributed by atoms with Crippen molar-refractivity contribution in [2.75, 3.05) is 11.5 Å². The fraction of sp³-hybridized carbons (Fsp3) is 0.500. The SMILES string of the molecule is CC1(C)C2CCC1(CS(=O)(=O)O)C(=O)C2=Cc1ccc(C=C2C(=O)C3(CS(=O)(=O)O)CC(=CC45C=CC(=CC4)C5)C2C3(C)C)cc1. The van der Waals surface area contributed by atoms with Crippen LogP contribution in [0.4, 0.5) is 0 Å². The summed E-state index contributed by atoms with van der Waals surface area (Å²) in [5, 5.41) is 0. The molecule has 4 saturated carbocycles. The zero-order valence-electron chi connectivity index (χ0n) is 26.5. The maximum Gasteiger partial charge on any atom is 0.265 e. The molecule has 5 atom stereocenters. The lowest BCUT2D eigenvalue weighted by atomic mass is 9.70. The summed E-state index contributed by atoms with van der Waals surface area (Å²) in [6, 6.07) is 7.41. The van der Waals surface area contributed by atoms with E-state index in [9.17, 15) is 35.5 Å². The van der Waals surface area contributed by atoms with Crippen molar-refractivity contribution in [2.24, 2.45) is 38.9 Å². The zero-order chi connectivity index (χ0) is 33.3. The number of hydrogen-bond acceptors (Lipinski definition) is 6. The van der Waals surface area contributed by atoms with Gasteiger partial charge in [-0.1, -0.05) is 87.4 Å². The lowest BCUT2D eigenvalue weighted by molar-refractivity contribution is -0.125. The van der Waals surface area contributed by atoms with E-state index in [0.717, 1.165) is 29.5 Å². The summed E-state index contributed by atoms with van der Waals surface area (Å²) in [4.78, 5) is 27.7. The number of carbonyl (C=O) groups excluding carboxylic acids is 2. The number of hydrogen-bond donors (Lipinski definition) is 2. The highest BCUT2D eigenvalue weighted by Gasteiger charge is 2.70. The molecule has 5 unspecified atom stereocenters. The summed E-state index contributed by atoms with van der Waals surface area (Å²) in [7, 11) is -8.80. The number of rotatable bonds is 7. The highest BCUT2D eigenvalue weighted by Crippen LogP contribution is 2.70. The van der Waals surface area contributed by atoms with Crippen molar-refractivity contribution in [3.8, 4) is 0 Å². The Balaban J connectivity index is 1.23. The molecule has 0 aliphatic heterocycles. The van der Waals surface area contributed by atoms with Crippen molar-refractivity contribution in [3.63, 3.8) is 0 Å². The van der Waals surface area contributed by atoms with Crippen LogP contribution in [0.1, 0.15) is 70.9 Å². The number of allylic oxidation sites excluding steroid dienone is 8. The van der Waals surface area contributed by atoms with Crippen molar-refractivity contribution >= 4 is 44.0 Å². The van der Waals surface area contributed by atoms with Gasteiger partial charge in [0, 0.05) is 22.5 Å². The van der Waals surface area contributed by atoms with E-state index in [1.165, 1.54) is 5.57 Å². The first kappa shape index (κ1) is 31.7. The minimum absolute atomic E-state index is 0.123. The van der Waals surface area contributed by atoms with Crippen molar-refractivity contribution in [2.45, 2.75) is 59.8 Å². The van der Waals surface area contributed by atoms with Crippen LogP contribution in [0.5, 0.6) is 0 Å². The van der Waals surface area contributed by atoms with Gasteiger partial charge in [0.2, 0.25) is 0 Å². The highest BCUT2D eigenvalue weighted by molar-refractivity contribution is 7.86. The summed E-state index contributed by atoms with van der Waals surface area (Å²) >= 11 is 0. The van der Waals surface area contributed by atoms with Gasteiger partial charge in [0.25, 0.3) is 20.2 Å². The number of ketones is 2. The molecule has 46 heavy (non-hydrogen) atoms. The van der Waals surface area contributed by atoms with Crippen LogP contribution in [0, 0.1) is 38.9 Å². The number of benzene rings is 1. The average molecular weight is 665 g/mol. The standard InChI is InChI=1S/C36H40O8S2/c1-32(2)28-11-14-35(32,20-45(39,40)41)30(37)26(28)15-22-5-7-23(8-6-22)16-27-29-25(18-34-12-9-24(17-34)10-13-34)19-36(31(27)38,33(29,3)4)21-46(42,43)44/h5-10,12,15-16,18,28-29H,11,13-14,17,19-21H2,1-4H3,(H,39,40,41)(H,42,43,44). The Morgan fingerprint density at radius 2 is 1.37 bits per heavy atom. The van der Waals surface area contributed by atoms with E-state index in [1.54, 1.807) is 0 Å². The second-order valence-electron chi connectivity index (χ2n) is 15.7. The predicted octanol–water partition coefficient (Wildman–Crippen LogP) is 6.05. The minimum Gasteiger partial charge on any atom is -0.294 e. The average Bonchev–Trinajstić information content (AvgIpc) is 3.69. The van der Waals surface area contributed by atoms with Crippen LogP contribution in [0.15, 0.2) is 70.9 Å². The van der Waals surface area contributed by atoms with Gasteiger partial charge in [-0.05, 0) is 72.1 Å². The van der Waals surface area contributed by atoms with Gasteiger partial charge in [0.15, 0.2) is 11.6 Å². The summed E-state index contributed by atoms with van der Waals surface area (Å²) < 4.78 is 68.0. The first-order chi connectivity index (χ1) is 21.2. The van der Waals surface area contributed by atoms with Gasteiger partial charge in [0.1, 0.15) is 0 Å². The van der Waals surface area contributed by atoms with E-state index in [2.05, 4.69) is 24.3 Å². The normalized spacial score (nSPS) is 37.9. The van der Waals surface area contributed by atoms with E-state index in [-0.39, 0.29) is 28.8 Å². The van der Waals surface area contributed by atoms with Crippen LogP contribution in [-0.2, 0) is 29.8 Å². The van der Waals surface area contributed by atoms with Crippen LogP contribution >= 0.6 is 0 Å². The van der Waals surface area contributed by atoms with Gasteiger partial charge in [-0.15, -0.1) is 0 Å². The quantitative estimate of drug-likeness (QED) is 0.204. The molecule has 244 valence electrons. The Labute approximate surface area is 270 Å². The molecular weight excluding hydrogens is 625 g/mol. The number of carbonyl (C=O) groups is 2. The lowest BCUT2D eigenvalue weighted by Gasteiger charge is -2.34. The van der Waals surface area contributed by atoms with Gasteiger partial charge >= 0.3 is 0 Å². The first-order valence-corrected chi connectivity index (χ1v) is 19.1. The van der Waals surface area contributed by atoms with Gasteiger partial charge in [-0.3, -0.25) is 18.7 Å². The number of Topliss-reactive ketones (excluding diaryl/α,β-unsaturated/α-hetero) is 2. The van der Waals surface area contributed by atoms with Crippen molar-refractivity contribution in [1.82, 2.24) is 0 Å². The molecule has 1 aromatic rings. The van der Waals surface area contributed by atoms with Gasteiger partial charge in [-0.25, -0.2) is 0 Å². The van der Waals surface area contributed by atoms with E-state index in [4.69, 9.17) is 0 Å². The van der Waals surface area contributed by atoms with Gasteiger partial charge < -0.3 is 0 Å². The third kappa shape index (κ3) is 4.43. The third-order valence-corrected chi connectivity index (χ3v) is 14.4. The lowest BCUT2D eigenvalue weighted by Crippen LogP contribution is -2.42. The molecule has 6 aliphatic carbocycles. The molecule has 1 aromatic carbocycles. The van der Waals surface area contributed by atoms with Gasteiger partial charge in [0.05, 0.1) is 22.3 Å². The highest BCUT2D eigenvalue weighted by atomic mass is 32.2. The monoisotopic (exact) mass is 664 g/mol. The molecular formula is C36H40O8S2. The van der Waals surface area contributed by atoms with E-state index < -0.39 is 53.4 Å². The van der Waals surface area contributed by atoms with Crippen molar-refractivity contribution in [3.05, 3.63) is 82.0 Å². The van der Waals surface area contributed by atoms with E-state index >= 15 is 0 Å². The first-order valence-electron chi connectivity index (χ1n) is 15.9. The van der Waals surface area contributed by atoms with Gasteiger partial charge in [-0.2, -0.15) is 16.8 Å². The predicted molar refractivity (Wildman–Crippen MR) is 175 cm³/mol. The third-order valence-electron chi connectivity index (χ3n) is 12.7. The van der Waals surface area contributed by atoms with Crippen molar-refractivity contribution < 1.29 is 35.5 Å². The molecule has 7 rings (SSSR count). The largest absolute Gasteiger partial charge is 0.294 e. The summed E-state index contributed by atoms with van der Waals surface area (Å²) in [5.41, 5.74) is 1.04. The maximum atomic E-state index is 14.1. The number of fused-ring (bicyclic) bond motifs is 6. The summed E-state index contributed by atoms with van der Waals surface area (Å²) in [6.07, 6.45) is 15.6. The smallest absolute Gasteiger partial charge is 0.265 e. The summed E-state index contributed by atoms with van der Waals surface area (Å²) in [6.45, 7) is 7.67. The Morgan fingerprint density at radius 3 is 1.89 bits per heavy atom. The molecule has 8 nitrogen and oxygen atoms in total. The van der Waals surface area contributed by atoms with Crippen LogP contribution in [0.3, 0.4) is 0 Å². The van der Waals surface area contributed by atoms with Crippen molar-refractivity contribution in [1.29, 1.82) is 0 Å². The van der Waals surface area contributed by atoms with Crippen LogP contribution in [0.2, 0.25) is 0 Å². The Hall–Kier alpha value is -2.92. The van der Waals surface area contributed by atoms with E-state index in [0.29, 0.717) is 30.4 Å². The Bertz CT molecular complexity index is 1970. The molecule has 0 amide bonds. The molecule has 6 aliphatic rings. The maximum absolute atomic E-state index is 14.1. The Morgan fingerprint density at radius 1 is 0.804 bits per heavy atom. The minimum atomic E-state index is -4.44. The van der Waals surface area contributed by atoms with Crippen LogP contribution in [-0.4, -0.2) is 49.0 Å². The molecule has 2 N–H and O–H groups in total. The fourth-order valence-electron chi connectivity index (χ4n) is 10.2. The second kappa shape index (κ2) is 9.58. The fourth-order valence-corrected chi connectivity index (χ4v) is 12.7. The molecule has 0 heterocycles. The second-order valence-corrected chi connectivity index (χ2v) is 18.6. The molecule has 0 saturated heterocycles. The zero-order valence-corrected chi connectivity index (χ0v) is 28.2. The molecule has 0 aromatic heterocycles.